The molecule has 2 heterocycles. The van der Waals surface area contributed by atoms with Crippen LogP contribution in [0.3, 0.4) is 0 Å². The lowest BCUT2D eigenvalue weighted by molar-refractivity contribution is 0.173. The number of rotatable bonds is 1. The number of nitrogens with two attached hydrogens (primary N) is 1. The summed E-state index contributed by atoms with van der Waals surface area (Å²) in [6.07, 6.45) is 0. The van der Waals surface area contributed by atoms with Crippen molar-refractivity contribution in [3.63, 3.8) is 0 Å². The summed E-state index contributed by atoms with van der Waals surface area (Å²) in [6, 6.07) is 3.73. The molecule has 1 aromatic carbocycles. The van der Waals surface area contributed by atoms with Crippen molar-refractivity contribution < 1.29 is 9.47 Å². The summed E-state index contributed by atoms with van der Waals surface area (Å²) < 4.78 is 11.6. The summed E-state index contributed by atoms with van der Waals surface area (Å²) in [6.45, 7) is 2.25. The van der Waals surface area contributed by atoms with Crippen molar-refractivity contribution in [2.45, 2.75) is 6.92 Å². The van der Waals surface area contributed by atoms with Crippen LogP contribution < -0.4 is 15.2 Å². The largest absolute Gasteiger partial charge is 0.454 e. The van der Waals surface area contributed by atoms with Crippen LogP contribution in [0.5, 0.6) is 11.5 Å². The first-order chi connectivity index (χ1) is 8.16. The number of aromatic amines is 1. The van der Waals surface area contributed by atoms with Crippen molar-refractivity contribution in [3.05, 3.63) is 22.2 Å². The van der Waals surface area contributed by atoms with Gasteiger partial charge >= 0.3 is 0 Å². The second-order valence-corrected chi connectivity index (χ2v) is 4.62. The van der Waals surface area contributed by atoms with Gasteiger partial charge in [-0.1, -0.05) is 0 Å². The minimum absolute atomic E-state index is 0.252. The molecular formula is C11H10BrN3O2. The van der Waals surface area contributed by atoms with Gasteiger partial charge in [0.15, 0.2) is 11.5 Å². The summed E-state index contributed by atoms with van der Waals surface area (Å²) in [5, 5.41) is 6.82. The molecule has 1 aliphatic rings. The average molecular weight is 296 g/mol. The minimum Gasteiger partial charge on any atom is -0.454 e. The average Bonchev–Trinajstić information content (AvgIpc) is 2.87. The molecule has 3 N–H and O–H groups in total. The third-order valence-corrected chi connectivity index (χ3v) is 3.43. The fourth-order valence-electron chi connectivity index (χ4n) is 1.92. The van der Waals surface area contributed by atoms with Crippen molar-refractivity contribution in [3.8, 4) is 22.8 Å². The maximum Gasteiger partial charge on any atom is 0.231 e. The SMILES string of the molecule is Cc1cc2c(c(Br)c1-c1cc(N)n[nH]1)OCO2. The molecule has 6 heteroatoms. The second kappa shape index (κ2) is 3.66. The topological polar surface area (TPSA) is 73.2 Å². The first kappa shape index (κ1) is 10.5. The smallest absolute Gasteiger partial charge is 0.231 e. The zero-order valence-electron chi connectivity index (χ0n) is 9.08. The molecule has 0 fully saturated rings. The number of nitrogen functional groups attached to an aromatic ring is 1. The molecule has 17 heavy (non-hydrogen) atoms. The summed E-state index contributed by atoms with van der Waals surface area (Å²) >= 11 is 3.54. The molecule has 0 unspecified atom stereocenters. The van der Waals surface area contributed by atoms with E-state index in [1.807, 2.05) is 13.0 Å². The van der Waals surface area contributed by atoms with Crippen molar-refractivity contribution in [2.24, 2.45) is 0 Å². The van der Waals surface area contributed by atoms with Gasteiger partial charge in [0.2, 0.25) is 6.79 Å². The lowest BCUT2D eigenvalue weighted by Gasteiger charge is -2.09. The van der Waals surface area contributed by atoms with Crippen LogP contribution in [0.2, 0.25) is 0 Å². The van der Waals surface area contributed by atoms with E-state index in [-0.39, 0.29) is 6.79 Å². The third kappa shape index (κ3) is 1.56. The van der Waals surface area contributed by atoms with E-state index in [0.29, 0.717) is 5.82 Å². The van der Waals surface area contributed by atoms with Crippen LogP contribution in [0.1, 0.15) is 5.56 Å². The van der Waals surface area contributed by atoms with E-state index in [2.05, 4.69) is 26.1 Å². The Morgan fingerprint density at radius 2 is 2.24 bits per heavy atom. The van der Waals surface area contributed by atoms with Crippen LogP contribution in [0, 0.1) is 6.92 Å². The van der Waals surface area contributed by atoms with Gasteiger partial charge in [-0.15, -0.1) is 0 Å². The number of nitrogens with zero attached hydrogens (tertiary/aromatic N) is 1. The van der Waals surface area contributed by atoms with Crippen molar-refractivity contribution >= 4 is 21.7 Å². The number of fused-ring (bicyclic) bond motifs is 1. The van der Waals surface area contributed by atoms with Crippen LogP contribution in [-0.4, -0.2) is 17.0 Å². The minimum atomic E-state index is 0.252. The molecule has 0 amide bonds. The van der Waals surface area contributed by atoms with Gasteiger partial charge in [-0.25, -0.2) is 0 Å². The number of anilines is 1. The maximum atomic E-state index is 5.62. The fraction of sp³-hybridized carbons (Fsp3) is 0.182. The van der Waals surface area contributed by atoms with E-state index in [4.69, 9.17) is 15.2 Å². The Balaban J connectivity index is 2.23. The number of benzene rings is 1. The lowest BCUT2D eigenvalue weighted by atomic mass is 10.0. The Bertz CT molecular complexity index is 595. The van der Waals surface area contributed by atoms with Crippen LogP contribution in [0.15, 0.2) is 16.6 Å². The molecule has 0 saturated carbocycles. The van der Waals surface area contributed by atoms with Crippen LogP contribution in [0.25, 0.3) is 11.3 Å². The zero-order chi connectivity index (χ0) is 12.0. The van der Waals surface area contributed by atoms with Gasteiger partial charge < -0.3 is 15.2 Å². The molecule has 88 valence electrons. The predicted molar refractivity (Wildman–Crippen MR) is 67.0 cm³/mol. The molecule has 0 saturated heterocycles. The third-order valence-electron chi connectivity index (χ3n) is 2.67. The molecule has 5 nitrogen and oxygen atoms in total. The summed E-state index contributed by atoms with van der Waals surface area (Å²) in [5.41, 5.74) is 8.51. The molecule has 3 rings (SSSR count). The Morgan fingerprint density at radius 3 is 2.94 bits per heavy atom. The predicted octanol–water partition coefficient (Wildman–Crippen LogP) is 2.46. The highest BCUT2D eigenvalue weighted by Gasteiger charge is 2.23. The molecule has 1 aromatic heterocycles. The van der Waals surface area contributed by atoms with E-state index in [9.17, 15) is 0 Å². The van der Waals surface area contributed by atoms with Gasteiger partial charge in [0.05, 0.1) is 10.2 Å². The highest BCUT2D eigenvalue weighted by atomic mass is 79.9. The van der Waals surface area contributed by atoms with E-state index < -0.39 is 0 Å². The number of nitrogens with one attached hydrogen (secondary N) is 1. The Labute approximate surface area is 106 Å². The van der Waals surface area contributed by atoms with E-state index in [1.54, 1.807) is 6.07 Å². The molecule has 0 radical (unpaired) electrons. The second-order valence-electron chi connectivity index (χ2n) is 3.82. The fourth-order valence-corrected chi connectivity index (χ4v) is 2.75. The molecule has 2 aromatic rings. The first-order valence-corrected chi connectivity index (χ1v) is 5.86. The Morgan fingerprint density at radius 1 is 1.41 bits per heavy atom. The molecule has 1 aliphatic heterocycles. The van der Waals surface area contributed by atoms with Gasteiger partial charge in [-0.2, -0.15) is 5.10 Å². The molecular weight excluding hydrogens is 286 g/mol. The number of aromatic nitrogens is 2. The maximum absolute atomic E-state index is 5.62. The quantitative estimate of drug-likeness (QED) is 0.848. The highest BCUT2D eigenvalue weighted by molar-refractivity contribution is 9.10. The van der Waals surface area contributed by atoms with Crippen LogP contribution in [0.4, 0.5) is 5.82 Å². The van der Waals surface area contributed by atoms with Crippen molar-refractivity contribution in [1.82, 2.24) is 10.2 Å². The summed E-state index contributed by atoms with van der Waals surface area (Å²) in [5.74, 6) is 1.94. The number of aryl methyl sites for hydroxylation is 1. The summed E-state index contributed by atoms with van der Waals surface area (Å²) in [4.78, 5) is 0. The van der Waals surface area contributed by atoms with Gasteiger partial charge in [-0.05, 0) is 34.5 Å². The van der Waals surface area contributed by atoms with Gasteiger partial charge in [0.1, 0.15) is 5.82 Å². The Hall–Kier alpha value is -1.69. The van der Waals surface area contributed by atoms with Gasteiger partial charge in [0, 0.05) is 11.6 Å². The monoisotopic (exact) mass is 295 g/mol. The zero-order valence-corrected chi connectivity index (χ0v) is 10.7. The number of hydrogen-bond acceptors (Lipinski definition) is 4. The van der Waals surface area contributed by atoms with E-state index >= 15 is 0 Å². The van der Waals surface area contributed by atoms with E-state index in [0.717, 1.165) is 32.8 Å². The number of H-pyrrole nitrogens is 1. The molecule has 0 bridgehead atoms. The standard InChI is InChI=1S/C11H10BrN3O2/c1-5-2-7-11(17-4-16-7)10(12)9(5)6-3-8(13)15-14-6/h2-3H,4H2,1H3,(H3,13,14,15). The van der Waals surface area contributed by atoms with E-state index in [1.165, 1.54) is 0 Å². The molecule has 0 atom stereocenters. The normalized spacial score (nSPS) is 13.1. The first-order valence-electron chi connectivity index (χ1n) is 5.07. The number of halogens is 1. The molecule has 0 aliphatic carbocycles. The van der Waals surface area contributed by atoms with Gasteiger partial charge in [0.25, 0.3) is 0 Å². The van der Waals surface area contributed by atoms with Crippen LogP contribution in [-0.2, 0) is 0 Å². The number of hydrogen-bond donors (Lipinski definition) is 2. The van der Waals surface area contributed by atoms with Crippen molar-refractivity contribution in [2.75, 3.05) is 12.5 Å². The van der Waals surface area contributed by atoms with Gasteiger partial charge in [-0.3, -0.25) is 5.10 Å². The summed E-state index contributed by atoms with van der Waals surface area (Å²) in [7, 11) is 0. The highest BCUT2D eigenvalue weighted by Crippen LogP contribution is 2.46. The van der Waals surface area contributed by atoms with Crippen LogP contribution >= 0.6 is 15.9 Å². The lowest BCUT2D eigenvalue weighted by Crippen LogP contribution is -1.93. The Kier molecular flexibility index (Phi) is 2.25. The molecule has 0 spiro atoms. The van der Waals surface area contributed by atoms with Crippen molar-refractivity contribution in [1.29, 1.82) is 0 Å². The number of ether oxygens (including phenoxy) is 2.